The van der Waals surface area contributed by atoms with Gasteiger partial charge >= 0.3 is 0 Å². The fraction of sp³-hybridized carbons (Fsp3) is 0.750. The molecular weight excluding hydrogens is 316 g/mol. The first-order valence-corrected chi connectivity index (χ1v) is 12.1. The first-order valence-electron chi connectivity index (χ1n) is 9.23. The molecule has 0 N–H and O–H groups in total. The monoisotopic (exact) mass is 348 g/mol. The number of carbonyl (C=O) groups excluding carboxylic acids is 1. The SMILES string of the molecule is CC1=C[C@H]2OC[C@@H]3CC(=O)C=C3[C@]2(CO[Si](C)(C)C(C)(C)C)CC1. The molecule has 0 bridgehead atoms. The van der Waals surface area contributed by atoms with E-state index in [0.29, 0.717) is 19.6 Å². The summed E-state index contributed by atoms with van der Waals surface area (Å²) in [4.78, 5) is 12.1. The van der Waals surface area contributed by atoms with Gasteiger partial charge in [0.15, 0.2) is 14.1 Å². The topological polar surface area (TPSA) is 35.5 Å². The van der Waals surface area contributed by atoms with Crippen LogP contribution < -0.4 is 0 Å². The predicted octanol–water partition coefficient (Wildman–Crippen LogP) is 4.65. The fourth-order valence-electron chi connectivity index (χ4n) is 3.97. The maximum atomic E-state index is 12.1. The molecule has 3 aliphatic rings. The van der Waals surface area contributed by atoms with Crippen molar-refractivity contribution in [3.8, 4) is 0 Å². The minimum Gasteiger partial charge on any atom is -0.416 e. The first-order chi connectivity index (χ1) is 11.1. The highest BCUT2D eigenvalue weighted by Crippen LogP contribution is 2.53. The van der Waals surface area contributed by atoms with Crippen LogP contribution in [-0.2, 0) is 14.0 Å². The molecule has 4 heteroatoms. The van der Waals surface area contributed by atoms with Gasteiger partial charge in [-0.3, -0.25) is 4.79 Å². The molecule has 134 valence electrons. The lowest BCUT2D eigenvalue weighted by Crippen LogP contribution is -2.52. The Balaban J connectivity index is 1.93. The van der Waals surface area contributed by atoms with Gasteiger partial charge in [0.25, 0.3) is 0 Å². The van der Waals surface area contributed by atoms with Crippen molar-refractivity contribution in [2.45, 2.75) is 71.2 Å². The highest BCUT2D eigenvalue weighted by Gasteiger charge is 2.52. The van der Waals surface area contributed by atoms with Crippen molar-refractivity contribution in [1.82, 2.24) is 0 Å². The lowest BCUT2D eigenvalue weighted by molar-refractivity contribution is -0.115. The Hall–Kier alpha value is -0.713. The Bertz CT molecular complexity index is 596. The zero-order valence-corrected chi connectivity index (χ0v) is 17.1. The number of ether oxygens (including phenoxy) is 1. The smallest absolute Gasteiger partial charge is 0.192 e. The van der Waals surface area contributed by atoms with Gasteiger partial charge in [0.2, 0.25) is 0 Å². The molecule has 3 nitrogen and oxygen atoms in total. The molecule has 0 aromatic heterocycles. The molecule has 3 rings (SSSR count). The second-order valence-corrected chi connectivity index (χ2v) is 14.2. The van der Waals surface area contributed by atoms with E-state index in [-0.39, 0.29) is 28.3 Å². The summed E-state index contributed by atoms with van der Waals surface area (Å²) in [6, 6.07) is 0. The number of hydrogen-bond donors (Lipinski definition) is 0. The summed E-state index contributed by atoms with van der Waals surface area (Å²) < 4.78 is 12.9. The maximum Gasteiger partial charge on any atom is 0.192 e. The van der Waals surface area contributed by atoms with Crippen molar-refractivity contribution >= 4 is 14.1 Å². The second kappa shape index (κ2) is 5.92. The van der Waals surface area contributed by atoms with Gasteiger partial charge in [-0.25, -0.2) is 0 Å². The number of hydrogen-bond acceptors (Lipinski definition) is 3. The van der Waals surface area contributed by atoms with E-state index in [4.69, 9.17) is 9.16 Å². The van der Waals surface area contributed by atoms with Crippen molar-refractivity contribution in [2.24, 2.45) is 11.3 Å². The van der Waals surface area contributed by atoms with Gasteiger partial charge in [-0.05, 0) is 49.5 Å². The zero-order chi connectivity index (χ0) is 17.8. The van der Waals surface area contributed by atoms with Gasteiger partial charge in [-0.15, -0.1) is 0 Å². The van der Waals surface area contributed by atoms with E-state index in [9.17, 15) is 4.79 Å². The van der Waals surface area contributed by atoms with Crippen LogP contribution in [0, 0.1) is 11.3 Å². The fourth-order valence-corrected chi connectivity index (χ4v) is 5.02. The maximum absolute atomic E-state index is 12.1. The van der Waals surface area contributed by atoms with Crippen LogP contribution >= 0.6 is 0 Å². The molecule has 24 heavy (non-hydrogen) atoms. The van der Waals surface area contributed by atoms with E-state index in [0.717, 1.165) is 12.8 Å². The third kappa shape index (κ3) is 2.97. The van der Waals surface area contributed by atoms with E-state index in [1.54, 1.807) is 0 Å². The molecule has 0 unspecified atom stereocenters. The lowest BCUT2D eigenvalue weighted by atomic mass is 9.64. The molecule has 0 radical (unpaired) electrons. The molecule has 1 aliphatic heterocycles. The Morgan fingerprint density at radius 2 is 2.08 bits per heavy atom. The number of allylic oxidation sites excluding steroid dienone is 2. The average molecular weight is 349 g/mol. The molecule has 0 saturated carbocycles. The van der Waals surface area contributed by atoms with Crippen molar-refractivity contribution in [1.29, 1.82) is 0 Å². The van der Waals surface area contributed by atoms with Crippen LogP contribution in [-0.4, -0.2) is 33.4 Å². The Kier molecular flexibility index (Phi) is 4.47. The van der Waals surface area contributed by atoms with E-state index in [2.05, 4.69) is 46.9 Å². The largest absolute Gasteiger partial charge is 0.416 e. The van der Waals surface area contributed by atoms with E-state index in [1.807, 2.05) is 6.08 Å². The Morgan fingerprint density at radius 3 is 2.75 bits per heavy atom. The molecule has 1 fully saturated rings. The van der Waals surface area contributed by atoms with Crippen molar-refractivity contribution in [3.05, 3.63) is 23.3 Å². The minimum absolute atomic E-state index is 0.0596. The molecule has 0 spiro atoms. The molecular formula is C20H32O3Si. The Labute approximate surface area is 147 Å². The minimum atomic E-state index is -1.84. The van der Waals surface area contributed by atoms with Crippen LogP contribution in [0.4, 0.5) is 0 Å². The zero-order valence-electron chi connectivity index (χ0n) is 16.1. The summed E-state index contributed by atoms with van der Waals surface area (Å²) in [5, 5.41) is 0.189. The van der Waals surface area contributed by atoms with Gasteiger partial charge in [-0.2, -0.15) is 0 Å². The van der Waals surface area contributed by atoms with Crippen molar-refractivity contribution in [2.75, 3.05) is 13.2 Å². The summed E-state index contributed by atoms with van der Waals surface area (Å²) in [6.07, 6.45) is 6.97. The van der Waals surface area contributed by atoms with Crippen molar-refractivity contribution < 1.29 is 14.0 Å². The molecule has 0 aromatic rings. The lowest BCUT2D eigenvalue weighted by Gasteiger charge is -2.50. The van der Waals surface area contributed by atoms with E-state index >= 15 is 0 Å². The molecule has 3 atom stereocenters. The quantitative estimate of drug-likeness (QED) is 0.550. The van der Waals surface area contributed by atoms with Gasteiger partial charge in [0.05, 0.1) is 12.7 Å². The number of ketones is 1. The summed E-state index contributed by atoms with van der Waals surface area (Å²) in [6.45, 7) is 15.0. The molecule has 1 saturated heterocycles. The normalized spacial score (nSPS) is 33.7. The number of fused-ring (bicyclic) bond motifs is 3. The molecule has 0 aromatic carbocycles. The average Bonchev–Trinajstić information content (AvgIpc) is 2.85. The van der Waals surface area contributed by atoms with Crippen LogP contribution in [0.2, 0.25) is 18.1 Å². The van der Waals surface area contributed by atoms with Crippen LogP contribution in [0.1, 0.15) is 47.0 Å². The number of carbonyl (C=O) groups is 1. The van der Waals surface area contributed by atoms with Crippen LogP contribution in [0.25, 0.3) is 0 Å². The second-order valence-electron chi connectivity index (χ2n) is 9.44. The Morgan fingerprint density at radius 1 is 1.38 bits per heavy atom. The van der Waals surface area contributed by atoms with E-state index < -0.39 is 8.32 Å². The van der Waals surface area contributed by atoms with Crippen LogP contribution in [0.3, 0.4) is 0 Å². The summed E-state index contributed by atoms with van der Waals surface area (Å²) in [5.74, 6) is 0.529. The third-order valence-corrected chi connectivity index (χ3v) is 11.2. The van der Waals surface area contributed by atoms with Gasteiger partial charge in [0, 0.05) is 24.4 Å². The highest BCUT2D eigenvalue weighted by molar-refractivity contribution is 6.74. The van der Waals surface area contributed by atoms with E-state index in [1.165, 1.54) is 11.1 Å². The van der Waals surface area contributed by atoms with Gasteiger partial charge in [0.1, 0.15) is 0 Å². The molecule has 0 amide bonds. The summed E-state index contributed by atoms with van der Waals surface area (Å²) >= 11 is 0. The highest BCUT2D eigenvalue weighted by atomic mass is 28.4. The standard InChI is InChI=1S/C20H32O3Si/c1-14-7-8-20(13-23-24(5,6)19(2,3)4)17-11-16(21)10-15(17)12-22-18(20)9-14/h9,11,15,18H,7-8,10,12-13H2,1-6H3/t15-,18+,20+/m0/s1. The van der Waals surface area contributed by atoms with Crippen LogP contribution in [0.5, 0.6) is 0 Å². The van der Waals surface area contributed by atoms with Gasteiger partial charge in [-0.1, -0.05) is 32.4 Å². The van der Waals surface area contributed by atoms with Gasteiger partial charge < -0.3 is 9.16 Å². The van der Waals surface area contributed by atoms with Crippen molar-refractivity contribution in [3.63, 3.8) is 0 Å². The summed E-state index contributed by atoms with van der Waals surface area (Å²) in [7, 11) is -1.84. The number of rotatable bonds is 3. The summed E-state index contributed by atoms with van der Waals surface area (Å²) in [5.41, 5.74) is 2.57. The molecule has 1 heterocycles. The third-order valence-electron chi connectivity index (χ3n) is 6.70. The first kappa shape index (κ1) is 18.1. The predicted molar refractivity (Wildman–Crippen MR) is 99.5 cm³/mol. The van der Waals surface area contributed by atoms with Crippen LogP contribution in [0.15, 0.2) is 23.3 Å². The molecule has 2 aliphatic carbocycles.